The number of carbonyl (C=O) groups is 2. The van der Waals surface area contributed by atoms with Crippen molar-refractivity contribution in [3.63, 3.8) is 0 Å². The Bertz CT molecular complexity index is 449. The van der Waals surface area contributed by atoms with Gasteiger partial charge in [-0.15, -0.1) is 0 Å². The van der Waals surface area contributed by atoms with Crippen LogP contribution in [0.15, 0.2) is 18.2 Å². The number of ether oxygens (including phenoxy) is 1. The molecule has 0 saturated carbocycles. The number of hydrogen-bond donors (Lipinski definition) is 1. The first-order valence-electron chi connectivity index (χ1n) is 5.61. The van der Waals surface area contributed by atoms with E-state index < -0.39 is 12.1 Å². The van der Waals surface area contributed by atoms with Crippen LogP contribution < -0.4 is 5.73 Å². The van der Waals surface area contributed by atoms with Crippen LogP contribution in [-0.4, -0.2) is 37.0 Å². The summed E-state index contributed by atoms with van der Waals surface area (Å²) < 4.78 is 5.11. The minimum atomic E-state index is -0.827. The van der Waals surface area contributed by atoms with E-state index in [2.05, 4.69) is 0 Å². The zero-order valence-electron chi connectivity index (χ0n) is 11.1. The smallest absolute Gasteiger partial charge is 0.341 e. The van der Waals surface area contributed by atoms with E-state index in [1.54, 1.807) is 39.2 Å². The molecule has 0 spiro atoms. The van der Waals surface area contributed by atoms with Gasteiger partial charge in [-0.05, 0) is 25.5 Å². The van der Waals surface area contributed by atoms with Crippen molar-refractivity contribution in [1.82, 2.24) is 4.90 Å². The third-order valence-electron chi connectivity index (χ3n) is 2.58. The lowest BCUT2D eigenvalue weighted by molar-refractivity contribution is -0.137. The molecule has 18 heavy (non-hydrogen) atoms. The predicted octanol–water partition coefficient (Wildman–Crippen LogP) is 1.21. The zero-order valence-corrected chi connectivity index (χ0v) is 11.1. The highest BCUT2D eigenvalue weighted by Crippen LogP contribution is 2.18. The van der Waals surface area contributed by atoms with E-state index in [0.29, 0.717) is 11.3 Å². The predicted molar refractivity (Wildman–Crippen MR) is 69.2 cm³/mol. The van der Waals surface area contributed by atoms with Crippen LogP contribution >= 0.6 is 0 Å². The van der Waals surface area contributed by atoms with Gasteiger partial charge in [0.25, 0.3) is 5.91 Å². The quantitative estimate of drug-likeness (QED) is 0.646. The van der Waals surface area contributed by atoms with Gasteiger partial charge in [0.2, 0.25) is 0 Å². The Labute approximate surface area is 107 Å². The molecule has 2 N–H and O–H groups in total. The summed E-state index contributed by atoms with van der Waals surface area (Å²) in [6.07, 6.45) is -0.827. The van der Waals surface area contributed by atoms with Crippen LogP contribution in [0.1, 0.15) is 22.8 Å². The number of benzene rings is 1. The lowest BCUT2D eigenvalue weighted by Gasteiger charge is -2.18. The van der Waals surface area contributed by atoms with E-state index in [0.717, 1.165) is 5.56 Å². The summed E-state index contributed by atoms with van der Waals surface area (Å²) >= 11 is 0. The summed E-state index contributed by atoms with van der Waals surface area (Å²) in [4.78, 5) is 24.9. The Morgan fingerprint density at radius 1 is 1.33 bits per heavy atom. The average molecular weight is 250 g/mol. The van der Waals surface area contributed by atoms with Crippen LogP contribution in [0.5, 0.6) is 0 Å². The van der Waals surface area contributed by atoms with Crippen LogP contribution in [0.25, 0.3) is 0 Å². The molecule has 98 valence electrons. The second-order valence-corrected chi connectivity index (χ2v) is 4.32. The summed E-state index contributed by atoms with van der Waals surface area (Å²) in [6.45, 7) is 3.31. The number of aryl methyl sites for hydroxylation is 1. The molecule has 0 heterocycles. The number of nitrogens with zero attached hydrogens (tertiary/aromatic N) is 1. The van der Waals surface area contributed by atoms with E-state index in [9.17, 15) is 9.59 Å². The van der Waals surface area contributed by atoms with E-state index in [1.807, 2.05) is 0 Å². The molecule has 1 atom stereocenters. The molecular weight excluding hydrogens is 232 g/mol. The maximum Gasteiger partial charge on any atom is 0.341 e. The number of likely N-dealkylation sites (N-methyl/N-ethyl adjacent to an activating group) is 1. The minimum Gasteiger partial charge on any atom is -0.449 e. The molecule has 0 aliphatic heterocycles. The van der Waals surface area contributed by atoms with Crippen molar-refractivity contribution in [3.8, 4) is 0 Å². The average Bonchev–Trinajstić information content (AvgIpc) is 2.27. The molecule has 0 saturated heterocycles. The van der Waals surface area contributed by atoms with Crippen LogP contribution in [-0.2, 0) is 9.53 Å². The molecule has 0 radical (unpaired) electrons. The second-order valence-electron chi connectivity index (χ2n) is 4.32. The Hall–Kier alpha value is -2.04. The molecule has 5 nitrogen and oxygen atoms in total. The summed E-state index contributed by atoms with van der Waals surface area (Å²) in [5.74, 6) is -0.844. The molecule has 0 bridgehead atoms. The van der Waals surface area contributed by atoms with Crippen LogP contribution in [0.4, 0.5) is 5.69 Å². The van der Waals surface area contributed by atoms with Crippen molar-refractivity contribution in [1.29, 1.82) is 0 Å². The third kappa shape index (κ3) is 3.00. The van der Waals surface area contributed by atoms with Crippen LogP contribution in [0, 0.1) is 6.92 Å². The Morgan fingerprint density at radius 2 is 1.94 bits per heavy atom. The van der Waals surface area contributed by atoms with Gasteiger partial charge in [-0.3, -0.25) is 4.79 Å². The number of amides is 1. The van der Waals surface area contributed by atoms with Crippen molar-refractivity contribution in [3.05, 3.63) is 29.3 Å². The van der Waals surface area contributed by atoms with Gasteiger partial charge in [0, 0.05) is 19.8 Å². The van der Waals surface area contributed by atoms with Crippen molar-refractivity contribution >= 4 is 17.6 Å². The highest BCUT2D eigenvalue weighted by molar-refractivity contribution is 5.98. The fourth-order valence-electron chi connectivity index (χ4n) is 1.60. The van der Waals surface area contributed by atoms with Crippen molar-refractivity contribution in [2.45, 2.75) is 20.0 Å². The number of anilines is 1. The zero-order chi connectivity index (χ0) is 13.9. The number of nitrogens with two attached hydrogens (primary N) is 1. The minimum absolute atomic E-state index is 0.268. The molecule has 1 amide bonds. The van der Waals surface area contributed by atoms with Gasteiger partial charge in [-0.1, -0.05) is 12.1 Å². The molecule has 5 heteroatoms. The fourth-order valence-corrected chi connectivity index (χ4v) is 1.60. The first-order chi connectivity index (χ1) is 8.34. The SMILES string of the molecule is Cc1cccc(N)c1C(=O)OC(C)C(=O)N(C)C. The summed E-state index contributed by atoms with van der Waals surface area (Å²) in [5.41, 5.74) is 7.13. The van der Waals surface area contributed by atoms with Crippen LogP contribution in [0.3, 0.4) is 0 Å². The Morgan fingerprint density at radius 3 is 2.44 bits per heavy atom. The molecule has 0 fully saturated rings. The number of hydrogen-bond acceptors (Lipinski definition) is 4. The molecule has 1 aromatic rings. The maximum atomic E-state index is 12.0. The molecule has 1 rings (SSSR count). The van der Waals surface area contributed by atoms with Gasteiger partial charge < -0.3 is 15.4 Å². The molecule has 0 aromatic heterocycles. The highest BCUT2D eigenvalue weighted by Gasteiger charge is 2.22. The Balaban J connectivity index is 2.87. The van der Waals surface area contributed by atoms with E-state index in [4.69, 9.17) is 10.5 Å². The first-order valence-corrected chi connectivity index (χ1v) is 5.61. The van der Waals surface area contributed by atoms with E-state index in [1.165, 1.54) is 11.8 Å². The largest absolute Gasteiger partial charge is 0.449 e. The van der Waals surface area contributed by atoms with Crippen LogP contribution in [0.2, 0.25) is 0 Å². The van der Waals surface area contributed by atoms with Gasteiger partial charge in [0.15, 0.2) is 6.10 Å². The van der Waals surface area contributed by atoms with Gasteiger partial charge in [0.1, 0.15) is 0 Å². The number of esters is 1. The summed E-state index contributed by atoms with van der Waals surface area (Å²) in [5, 5.41) is 0. The van der Waals surface area contributed by atoms with Crippen molar-refractivity contribution in [2.24, 2.45) is 0 Å². The molecule has 1 aromatic carbocycles. The van der Waals surface area contributed by atoms with Gasteiger partial charge in [-0.25, -0.2) is 4.79 Å². The maximum absolute atomic E-state index is 12.0. The third-order valence-corrected chi connectivity index (χ3v) is 2.58. The fraction of sp³-hybridized carbons (Fsp3) is 0.385. The Kier molecular flexibility index (Phi) is 4.31. The molecule has 1 unspecified atom stereocenters. The number of carbonyl (C=O) groups excluding carboxylic acids is 2. The standard InChI is InChI=1S/C13H18N2O3/c1-8-6-5-7-10(14)11(8)13(17)18-9(2)12(16)15(3)4/h5-7,9H,14H2,1-4H3. The highest BCUT2D eigenvalue weighted by atomic mass is 16.5. The molecule has 0 aliphatic rings. The van der Waals surface area contributed by atoms with Gasteiger partial charge >= 0.3 is 5.97 Å². The van der Waals surface area contributed by atoms with Gasteiger partial charge in [-0.2, -0.15) is 0 Å². The molecular formula is C13H18N2O3. The van der Waals surface area contributed by atoms with E-state index in [-0.39, 0.29) is 5.91 Å². The number of nitrogen functional groups attached to an aromatic ring is 1. The lowest BCUT2D eigenvalue weighted by Crippen LogP contribution is -2.35. The number of rotatable bonds is 3. The van der Waals surface area contributed by atoms with Crippen molar-refractivity contribution < 1.29 is 14.3 Å². The monoisotopic (exact) mass is 250 g/mol. The topological polar surface area (TPSA) is 72.6 Å². The lowest BCUT2D eigenvalue weighted by atomic mass is 10.1. The first kappa shape index (κ1) is 14.0. The summed E-state index contributed by atoms with van der Waals surface area (Å²) in [7, 11) is 3.21. The molecule has 0 aliphatic carbocycles. The van der Waals surface area contributed by atoms with Crippen molar-refractivity contribution in [2.75, 3.05) is 19.8 Å². The normalized spacial score (nSPS) is 11.8. The second kappa shape index (κ2) is 5.53. The van der Waals surface area contributed by atoms with E-state index >= 15 is 0 Å². The summed E-state index contributed by atoms with van der Waals surface area (Å²) in [6, 6.07) is 5.16. The van der Waals surface area contributed by atoms with Gasteiger partial charge in [0.05, 0.1) is 5.56 Å².